The second-order valence-electron chi connectivity index (χ2n) is 7.21. The molecule has 0 aliphatic carbocycles. The molecule has 1 N–H and O–H groups in total. The molecule has 0 saturated heterocycles. The zero-order valence-corrected chi connectivity index (χ0v) is 15.8. The summed E-state index contributed by atoms with van der Waals surface area (Å²) in [5.74, 6) is -0.716. The fraction of sp³-hybridized carbons (Fsp3) is 0.238. The van der Waals surface area contributed by atoms with Crippen LogP contribution in [0.1, 0.15) is 22.7 Å². The number of nitrogens with one attached hydrogen (secondary N) is 1. The number of amides is 3. The van der Waals surface area contributed by atoms with E-state index in [1.807, 2.05) is 0 Å². The molecule has 0 fully saturated rings. The number of alkyl halides is 3. The summed E-state index contributed by atoms with van der Waals surface area (Å²) in [6.07, 6.45) is -4.48. The quantitative estimate of drug-likeness (QED) is 0.769. The molecule has 2 aromatic rings. The first-order chi connectivity index (χ1) is 14.1. The topological polar surface area (TPSA) is 52.7 Å². The molecule has 0 unspecified atom stereocenters. The molecule has 0 aromatic heterocycles. The molecule has 2 aromatic carbocycles. The van der Waals surface area contributed by atoms with Crippen LogP contribution in [-0.2, 0) is 17.5 Å². The Hall–Kier alpha value is -3.36. The Bertz CT molecular complexity index is 1030. The molecule has 0 bridgehead atoms. The SMILES string of the molecule is CN1C(=O)N[C@H](c2ccc(C(F)(F)F)cc2)C2=C1CN(Cc1ccc(F)cc1)C2=O. The van der Waals surface area contributed by atoms with Crippen molar-refractivity contribution in [1.82, 2.24) is 15.1 Å². The molecule has 5 nitrogen and oxygen atoms in total. The normalized spacial score (nSPS) is 19.3. The zero-order chi connectivity index (χ0) is 21.6. The number of carbonyl (C=O) groups is 2. The van der Waals surface area contributed by atoms with E-state index in [1.165, 1.54) is 41.1 Å². The minimum Gasteiger partial charge on any atom is -0.329 e. The summed E-state index contributed by atoms with van der Waals surface area (Å²) in [7, 11) is 1.53. The van der Waals surface area contributed by atoms with Gasteiger partial charge >= 0.3 is 12.2 Å². The summed E-state index contributed by atoms with van der Waals surface area (Å²) >= 11 is 0. The number of benzene rings is 2. The fourth-order valence-corrected chi connectivity index (χ4v) is 3.68. The molecule has 3 amide bonds. The van der Waals surface area contributed by atoms with E-state index in [9.17, 15) is 27.2 Å². The number of nitrogens with zero attached hydrogens (tertiary/aromatic N) is 2. The van der Waals surface area contributed by atoms with Crippen LogP contribution in [0.5, 0.6) is 0 Å². The number of hydrogen-bond donors (Lipinski definition) is 1. The minimum atomic E-state index is -4.48. The molecule has 2 aliphatic rings. The average Bonchev–Trinajstić information content (AvgIpc) is 3.02. The van der Waals surface area contributed by atoms with Crippen LogP contribution in [-0.4, -0.2) is 35.3 Å². The standard InChI is InChI=1S/C21H17F4N3O2/c1-27-16-11-28(10-12-2-8-15(22)9-3-12)19(29)17(16)18(26-20(27)30)13-4-6-14(7-5-13)21(23,24)25/h2-9,18H,10-11H2,1H3,(H,26,30)/t18-/m1/s1. The van der Waals surface area contributed by atoms with Crippen molar-refractivity contribution in [3.63, 3.8) is 0 Å². The number of halogens is 4. The Balaban J connectivity index is 1.64. The van der Waals surface area contributed by atoms with E-state index < -0.39 is 23.8 Å². The maximum Gasteiger partial charge on any atom is 0.416 e. The summed E-state index contributed by atoms with van der Waals surface area (Å²) in [5.41, 5.74) is 1.11. The van der Waals surface area contributed by atoms with Gasteiger partial charge in [0.1, 0.15) is 5.82 Å². The zero-order valence-electron chi connectivity index (χ0n) is 15.8. The van der Waals surface area contributed by atoms with Crippen molar-refractivity contribution in [2.75, 3.05) is 13.6 Å². The van der Waals surface area contributed by atoms with E-state index in [0.29, 0.717) is 16.8 Å². The van der Waals surface area contributed by atoms with Crippen LogP contribution in [0.4, 0.5) is 22.4 Å². The summed E-state index contributed by atoms with van der Waals surface area (Å²) < 4.78 is 51.7. The van der Waals surface area contributed by atoms with Crippen molar-refractivity contribution >= 4 is 11.9 Å². The molecule has 1 atom stereocenters. The van der Waals surface area contributed by atoms with Gasteiger partial charge in [-0.05, 0) is 35.4 Å². The number of likely N-dealkylation sites (N-methyl/N-ethyl adjacent to an activating group) is 1. The number of rotatable bonds is 3. The Morgan fingerprint density at radius 3 is 2.27 bits per heavy atom. The molecule has 9 heteroatoms. The highest BCUT2D eigenvalue weighted by atomic mass is 19.4. The molecule has 2 aliphatic heterocycles. The lowest BCUT2D eigenvalue weighted by Crippen LogP contribution is -2.45. The fourth-order valence-electron chi connectivity index (χ4n) is 3.68. The number of hydrogen-bond acceptors (Lipinski definition) is 2. The van der Waals surface area contributed by atoms with Gasteiger partial charge in [0, 0.05) is 13.6 Å². The second kappa shape index (κ2) is 7.16. The van der Waals surface area contributed by atoms with Crippen molar-refractivity contribution in [2.24, 2.45) is 0 Å². The van der Waals surface area contributed by atoms with Crippen LogP contribution in [0.15, 0.2) is 59.8 Å². The smallest absolute Gasteiger partial charge is 0.329 e. The van der Waals surface area contributed by atoms with Gasteiger partial charge in [0.05, 0.1) is 29.4 Å². The Labute approximate surface area is 169 Å². The van der Waals surface area contributed by atoms with E-state index in [-0.39, 0.29) is 24.8 Å². The van der Waals surface area contributed by atoms with Gasteiger partial charge in [0.15, 0.2) is 0 Å². The summed E-state index contributed by atoms with van der Waals surface area (Å²) in [4.78, 5) is 28.3. The van der Waals surface area contributed by atoms with Crippen molar-refractivity contribution in [3.8, 4) is 0 Å². The maximum absolute atomic E-state index is 13.1. The van der Waals surface area contributed by atoms with Gasteiger partial charge < -0.3 is 10.2 Å². The molecule has 0 radical (unpaired) electrons. The van der Waals surface area contributed by atoms with Crippen molar-refractivity contribution < 1.29 is 27.2 Å². The number of carbonyl (C=O) groups excluding carboxylic acids is 2. The average molecular weight is 419 g/mol. The first-order valence-electron chi connectivity index (χ1n) is 9.13. The maximum atomic E-state index is 13.1. The van der Waals surface area contributed by atoms with Crippen molar-refractivity contribution in [1.29, 1.82) is 0 Å². The molecule has 30 heavy (non-hydrogen) atoms. The van der Waals surface area contributed by atoms with E-state index >= 15 is 0 Å². The lowest BCUT2D eigenvalue weighted by Gasteiger charge is -2.31. The van der Waals surface area contributed by atoms with Crippen LogP contribution in [0.3, 0.4) is 0 Å². The van der Waals surface area contributed by atoms with Crippen LogP contribution in [0, 0.1) is 5.82 Å². The van der Waals surface area contributed by atoms with Gasteiger partial charge in [-0.3, -0.25) is 9.69 Å². The molecule has 156 valence electrons. The Morgan fingerprint density at radius 2 is 1.67 bits per heavy atom. The molecule has 4 rings (SSSR count). The van der Waals surface area contributed by atoms with E-state index in [4.69, 9.17) is 0 Å². The summed E-state index contributed by atoms with van der Waals surface area (Å²) in [6.45, 7) is 0.389. The van der Waals surface area contributed by atoms with Gasteiger partial charge in [0.2, 0.25) is 0 Å². The number of urea groups is 1. The lowest BCUT2D eigenvalue weighted by atomic mass is 9.95. The first-order valence-corrected chi connectivity index (χ1v) is 9.13. The van der Waals surface area contributed by atoms with Gasteiger partial charge in [-0.2, -0.15) is 13.2 Å². The van der Waals surface area contributed by atoms with Gasteiger partial charge in [0.25, 0.3) is 5.91 Å². The van der Waals surface area contributed by atoms with Gasteiger partial charge in [-0.1, -0.05) is 24.3 Å². The van der Waals surface area contributed by atoms with E-state index in [1.54, 1.807) is 12.1 Å². The summed E-state index contributed by atoms with van der Waals surface area (Å²) in [5, 5.41) is 2.69. The van der Waals surface area contributed by atoms with Gasteiger partial charge in [-0.15, -0.1) is 0 Å². The predicted octanol–water partition coefficient (Wildman–Crippen LogP) is 3.84. The molecular formula is C21H17F4N3O2. The third-order valence-corrected chi connectivity index (χ3v) is 5.29. The first kappa shape index (κ1) is 19.9. The molecular weight excluding hydrogens is 402 g/mol. The van der Waals surface area contributed by atoms with Crippen LogP contribution in [0.25, 0.3) is 0 Å². The highest BCUT2D eigenvalue weighted by Gasteiger charge is 2.43. The van der Waals surface area contributed by atoms with Crippen molar-refractivity contribution in [3.05, 3.63) is 82.3 Å². The van der Waals surface area contributed by atoms with E-state index in [2.05, 4.69) is 5.32 Å². The van der Waals surface area contributed by atoms with Crippen LogP contribution in [0.2, 0.25) is 0 Å². The third-order valence-electron chi connectivity index (χ3n) is 5.29. The largest absolute Gasteiger partial charge is 0.416 e. The van der Waals surface area contributed by atoms with Gasteiger partial charge in [-0.25, -0.2) is 9.18 Å². The lowest BCUT2D eigenvalue weighted by molar-refractivity contribution is -0.137. The van der Waals surface area contributed by atoms with Crippen LogP contribution < -0.4 is 5.32 Å². The Kier molecular flexibility index (Phi) is 4.76. The second-order valence-corrected chi connectivity index (χ2v) is 7.21. The summed E-state index contributed by atoms with van der Waals surface area (Å²) in [6, 6.07) is 8.81. The minimum absolute atomic E-state index is 0.173. The highest BCUT2D eigenvalue weighted by Crippen LogP contribution is 2.37. The Morgan fingerprint density at radius 1 is 1.03 bits per heavy atom. The van der Waals surface area contributed by atoms with E-state index in [0.717, 1.165) is 17.7 Å². The molecule has 0 saturated carbocycles. The third kappa shape index (κ3) is 3.51. The van der Waals surface area contributed by atoms with Crippen molar-refractivity contribution in [2.45, 2.75) is 18.8 Å². The highest BCUT2D eigenvalue weighted by molar-refractivity contribution is 6.01. The monoisotopic (exact) mass is 419 g/mol. The van der Waals surface area contributed by atoms with Crippen LogP contribution >= 0.6 is 0 Å². The molecule has 2 heterocycles. The molecule has 0 spiro atoms. The predicted molar refractivity (Wildman–Crippen MR) is 99.3 cm³/mol.